The zero-order chi connectivity index (χ0) is 28.7. The normalized spacial score (nSPS) is 12.8. The molecule has 0 radical (unpaired) electrons. The van der Waals surface area contributed by atoms with Crippen molar-refractivity contribution in [3.63, 3.8) is 0 Å². The summed E-state index contributed by atoms with van der Waals surface area (Å²) in [6.45, 7) is 13.0. The highest BCUT2D eigenvalue weighted by Crippen LogP contribution is 2.27. The van der Waals surface area contributed by atoms with Gasteiger partial charge < -0.3 is 20.3 Å². The van der Waals surface area contributed by atoms with Gasteiger partial charge in [0.05, 0.1) is 0 Å². The van der Waals surface area contributed by atoms with E-state index in [0.717, 1.165) is 21.9 Å². The Morgan fingerprint density at radius 1 is 1.00 bits per heavy atom. The number of ether oxygens (including phenoxy) is 1. The molecule has 206 valence electrons. The van der Waals surface area contributed by atoms with Crippen LogP contribution in [0.4, 0.5) is 10.5 Å². The summed E-state index contributed by atoms with van der Waals surface area (Å²) in [6, 6.07) is 17.2. The lowest BCUT2D eigenvalue weighted by Crippen LogP contribution is -2.53. The van der Waals surface area contributed by atoms with Crippen LogP contribution in [0.2, 0.25) is 0 Å². The third-order valence-corrected chi connectivity index (χ3v) is 6.57. The van der Waals surface area contributed by atoms with E-state index in [1.54, 1.807) is 26.8 Å². The molecule has 0 aliphatic rings. The third kappa shape index (κ3) is 7.86. The molecule has 8 heteroatoms. The number of amides is 3. The number of benzene rings is 3. The Morgan fingerprint density at radius 2 is 1.69 bits per heavy atom. The molecule has 39 heavy (non-hydrogen) atoms. The number of carbonyl (C=O) groups is 3. The average molecular weight is 548 g/mol. The molecule has 3 rings (SSSR count). The Balaban J connectivity index is 1.99. The number of alkyl carbamates (subject to hydrolysis) is 1. The monoisotopic (exact) mass is 547 g/mol. The van der Waals surface area contributed by atoms with Gasteiger partial charge in [0.25, 0.3) is 5.91 Å². The maximum absolute atomic E-state index is 13.9. The predicted octanol–water partition coefficient (Wildman–Crippen LogP) is 5.97. The number of thiol groups is 1. The van der Waals surface area contributed by atoms with Crippen molar-refractivity contribution in [3.05, 3.63) is 90.0 Å². The second-order valence-electron chi connectivity index (χ2n) is 10.5. The van der Waals surface area contributed by atoms with Gasteiger partial charge >= 0.3 is 6.09 Å². The minimum absolute atomic E-state index is 0.0116. The summed E-state index contributed by atoms with van der Waals surface area (Å²) in [6.07, 6.45) is 0.815. The maximum atomic E-state index is 13.9. The number of anilines is 1. The molecule has 2 unspecified atom stereocenters. The molecule has 0 bridgehead atoms. The number of fused-ring (bicyclic) bond motifs is 1. The van der Waals surface area contributed by atoms with Gasteiger partial charge in [0.15, 0.2) is 0 Å². The summed E-state index contributed by atoms with van der Waals surface area (Å²) in [5, 5.41) is 7.62. The average Bonchev–Trinajstić information content (AvgIpc) is 2.87. The fraction of sp³-hybridized carbons (Fsp3) is 0.323. The molecule has 3 aromatic rings. The summed E-state index contributed by atoms with van der Waals surface area (Å²) < 4.78 is 5.34. The van der Waals surface area contributed by atoms with Crippen molar-refractivity contribution in [2.75, 3.05) is 17.6 Å². The van der Waals surface area contributed by atoms with E-state index in [0.29, 0.717) is 11.3 Å². The first-order chi connectivity index (χ1) is 18.4. The number of nitrogens with one attached hydrogen (secondary N) is 2. The largest absolute Gasteiger partial charge is 0.444 e. The van der Waals surface area contributed by atoms with E-state index < -0.39 is 29.7 Å². The lowest BCUT2D eigenvalue weighted by Gasteiger charge is -2.33. The van der Waals surface area contributed by atoms with Gasteiger partial charge in [-0.1, -0.05) is 54.6 Å². The van der Waals surface area contributed by atoms with E-state index in [2.05, 4.69) is 29.8 Å². The molecule has 0 aliphatic carbocycles. The minimum atomic E-state index is -1.02. The summed E-state index contributed by atoms with van der Waals surface area (Å²) in [5.41, 5.74) is 2.56. The van der Waals surface area contributed by atoms with Gasteiger partial charge in [0, 0.05) is 18.0 Å². The Labute approximate surface area is 236 Å². The van der Waals surface area contributed by atoms with Gasteiger partial charge in [-0.3, -0.25) is 9.59 Å². The van der Waals surface area contributed by atoms with E-state index >= 15 is 0 Å². The zero-order valence-electron chi connectivity index (χ0n) is 23.2. The molecule has 0 saturated carbocycles. The molecule has 0 fully saturated rings. The maximum Gasteiger partial charge on any atom is 0.408 e. The van der Waals surface area contributed by atoms with Crippen LogP contribution >= 0.6 is 12.6 Å². The molecule has 0 spiro atoms. The molecule has 2 atom stereocenters. The lowest BCUT2D eigenvalue weighted by atomic mass is 9.98. The van der Waals surface area contributed by atoms with Crippen molar-refractivity contribution in [1.29, 1.82) is 0 Å². The molecule has 7 nitrogen and oxygen atoms in total. The number of hydrogen-bond donors (Lipinski definition) is 3. The standard InChI is InChI=1S/C31H37N3O4S/c1-7-16-34(29(36)26(19-39)33-30(37)38-31(4,5)6)27(24-13-12-20(2)21(3)17-24)28(35)32-25-15-14-22-10-8-9-11-23(22)18-25/h7-15,17-18,26-27,39H,1,16,19H2,2-6H3,(H,32,35)(H,33,37). The van der Waals surface area contributed by atoms with Crippen LogP contribution in [-0.4, -0.2) is 46.7 Å². The topological polar surface area (TPSA) is 87.7 Å². The summed E-state index contributed by atoms with van der Waals surface area (Å²) in [5.74, 6) is -0.857. The highest BCUT2D eigenvalue weighted by atomic mass is 32.1. The van der Waals surface area contributed by atoms with Crippen LogP contribution in [0.25, 0.3) is 10.8 Å². The van der Waals surface area contributed by atoms with Gasteiger partial charge in [0.1, 0.15) is 17.7 Å². The molecule has 2 N–H and O–H groups in total. The SMILES string of the molecule is C=CCN(C(=O)C(CS)NC(=O)OC(C)(C)C)C(C(=O)Nc1ccc2ccccc2c1)c1ccc(C)c(C)c1. The van der Waals surface area contributed by atoms with Gasteiger partial charge in [-0.05, 0) is 74.2 Å². The first-order valence-electron chi connectivity index (χ1n) is 12.8. The van der Waals surface area contributed by atoms with Crippen molar-refractivity contribution < 1.29 is 19.1 Å². The van der Waals surface area contributed by atoms with E-state index in [4.69, 9.17) is 4.74 Å². The smallest absolute Gasteiger partial charge is 0.408 e. The van der Waals surface area contributed by atoms with Crippen LogP contribution in [0.15, 0.2) is 73.3 Å². The second kappa shape index (κ2) is 12.8. The molecule has 0 aliphatic heterocycles. The van der Waals surface area contributed by atoms with Crippen molar-refractivity contribution in [2.24, 2.45) is 0 Å². The van der Waals surface area contributed by atoms with Gasteiger partial charge in [0.2, 0.25) is 5.91 Å². The molecular formula is C31H37N3O4S. The van der Waals surface area contributed by atoms with E-state index in [-0.39, 0.29) is 18.2 Å². The number of aryl methyl sites for hydroxylation is 2. The number of carbonyl (C=O) groups excluding carboxylic acids is 3. The Bertz CT molecular complexity index is 1370. The first-order valence-corrected chi connectivity index (χ1v) is 13.5. The number of hydrogen-bond acceptors (Lipinski definition) is 5. The van der Waals surface area contributed by atoms with Crippen molar-refractivity contribution in [3.8, 4) is 0 Å². The highest BCUT2D eigenvalue weighted by molar-refractivity contribution is 7.80. The zero-order valence-corrected chi connectivity index (χ0v) is 24.0. The van der Waals surface area contributed by atoms with Gasteiger partial charge in [-0.25, -0.2) is 4.79 Å². The van der Waals surface area contributed by atoms with Crippen LogP contribution in [0.1, 0.15) is 43.5 Å². The van der Waals surface area contributed by atoms with Crippen molar-refractivity contribution >= 4 is 47.0 Å². The fourth-order valence-electron chi connectivity index (χ4n) is 4.18. The summed E-state index contributed by atoms with van der Waals surface area (Å²) in [4.78, 5) is 41.6. The molecule has 0 heterocycles. The Hall–Kier alpha value is -3.78. The van der Waals surface area contributed by atoms with Gasteiger partial charge in [-0.2, -0.15) is 12.6 Å². The van der Waals surface area contributed by atoms with E-state index in [1.165, 1.54) is 4.90 Å². The molecular weight excluding hydrogens is 510 g/mol. The highest BCUT2D eigenvalue weighted by Gasteiger charge is 2.35. The summed E-state index contributed by atoms with van der Waals surface area (Å²) in [7, 11) is 0. The number of rotatable bonds is 9. The van der Waals surface area contributed by atoms with E-state index in [9.17, 15) is 14.4 Å². The lowest BCUT2D eigenvalue weighted by molar-refractivity contribution is -0.139. The number of nitrogens with zero attached hydrogens (tertiary/aromatic N) is 1. The van der Waals surface area contributed by atoms with Crippen molar-refractivity contribution in [2.45, 2.75) is 52.3 Å². The minimum Gasteiger partial charge on any atom is -0.444 e. The summed E-state index contributed by atoms with van der Waals surface area (Å²) >= 11 is 4.31. The second-order valence-corrected chi connectivity index (χ2v) is 10.8. The Morgan fingerprint density at radius 3 is 2.31 bits per heavy atom. The quantitative estimate of drug-likeness (QED) is 0.227. The van der Waals surface area contributed by atoms with E-state index in [1.807, 2.05) is 74.5 Å². The molecule has 3 amide bonds. The molecule has 0 saturated heterocycles. The van der Waals surface area contributed by atoms with Crippen LogP contribution in [0.3, 0.4) is 0 Å². The molecule has 3 aromatic carbocycles. The molecule has 0 aromatic heterocycles. The third-order valence-electron chi connectivity index (χ3n) is 6.20. The first kappa shape index (κ1) is 29.8. The van der Waals surface area contributed by atoms with Crippen molar-refractivity contribution in [1.82, 2.24) is 10.2 Å². The van der Waals surface area contributed by atoms with Crippen LogP contribution < -0.4 is 10.6 Å². The fourth-order valence-corrected chi connectivity index (χ4v) is 4.43. The van der Waals surface area contributed by atoms with Gasteiger partial charge in [-0.15, -0.1) is 6.58 Å². The Kier molecular flexibility index (Phi) is 9.81. The van der Waals surface area contributed by atoms with Crippen LogP contribution in [0, 0.1) is 13.8 Å². The van der Waals surface area contributed by atoms with Crippen LogP contribution in [-0.2, 0) is 14.3 Å². The predicted molar refractivity (Wildman–Crippen MR) is 160 cm³/mol. The van der Waals surface area contributed by atoms with Crippen LogP contribution in [0.5, 0.6) is 0 Å².